The van der Waals surface area contributed by atoms with E-state index in [1.165, 1.54) is 36.4 Å². The molecule has 1 fully saturated rings. The van der Waals surface area contributed by atoms with Crippen molar-refractivity contribution in [2.24, 2.45) is 5.92 Å². The number of thioether (sulfide) groups is 1. The number of anilines is 2. The number of nitro benzene ring substituents is 1. The lowest BCUT2D eigenvalue weighted by atomic mass is 9.82. The summed E-state index contributed by atoms with van der Waals surface area (Å²) in [4.78, 5) is 79.7. The van der Waals surface area contributed by atoms with Crippen LogP contribution in [-0.4, -0.2) is 52.1 Å². The number of amides is 3. The average Bonchev–Trinajstić information content (AvgIpc) is 3.54. The second-order valence-corrected chi connectivity index (χ2v) is 13.4. The number of carbonyl (C=O) groups excluding carboxylic acids is 4. The van der Waals surface area contributed by atoms with E-state index in [2.05, 4.69) is 26.2 Å². The number of fused-ring (bicyclic) bond motifs is 2. The molecule has 0 saturated carbocycles. The van der Waals surface area contributed by atoms with Gasteiger partial charge in [0.2, 0.25) is 11.8 Å². The van der Waals surface area contributed by atoms with E-state index in [0.717, 1.165) is 28.0 Å². The normalized spacial score (nSPS) is 18.3. The molecule has 0 radical (unpaired) electrons. The number of benzene rings is 3. The van der Waals surface area contributed by atoms with Crippen LogP contribution in [0, 0.1) is 16.0 Å². The largest absolute Gasteiger partial charge is 0.483 e. The molecule has 2 aliphatic heterocycles. The summed E-state index contributed by atoms with van der Waals surface area (Å²) in [6.45, 7) is 1.53. The summed E-state index contributed by atoms with van der Waals surface area (Å²) in [5.41, 5.74) is 1.24. The molecule has 4 aromatic rings. The lowest BCUT2D eigenvalue weighted by Gasteiger charge is -2.31. The second-order valence-electron chi connectivity index (χ2n) is 10.4. The fourth-order valence-corrected chi connectivity index (χ4v) is 8.35. The molecule has 2 aliphatic rings. The first kappa shape index (κ1) is 32.2. The fourth-order valence-electron chi connectivity index (χ4n) is 5.47. The van der Waals surface area contributed by atoms with E-state index in [4.69, 9.17) is 9.47 Å². The summed E-state index contributed by atoms with van der Waals surface area (Å²) in [6.07, 6.45) is 0. The highest BCUT2D eigenvalue weighted by Gasteiger charge is 2.57. The highest BCUT2D eigenvalue weighted by Crippen LogP contribution is 2.54. The van der Waals surface area contributed by atoms with Gasteiger partial charge in [0.05, 0.1) is 33.7 Å². The number of thiazole rings is 1. The molecule has 3 heterocycles. The highest BCUT2D eigenvalue weighted by molar-refractivity contribution is 9.10. The van der Waals surface area contributed by atoms with Crippen LogP contribution in [0.3, 0.4) is 0 Å². The Balaban J connectivity index is 1.29. The first-order valence-corrected chi connectivity index (χ1v) is 16.6. The molecule has 16 heteroatoms. The lowest BCUT2D eigenvalue weighted by molar-refractivity contribution is -0.384. The molecule has 0 unspecified atom stereocenters. The zero-order chi connectivity index (χ0) is 33.4. The van der Waals surface area contributed by atoms with Crippen LogP contribution < -0.4 is 19.8 Å². The van der Waals surface area contributed by atoms with E-state index in [1.54, 1.807) is 37.3 Å². The van der Waals surface area contributed by atoms with Gasteiger partial charge in [0.25, 0.3) is 11.6 Å². The van der Waals surface area contributed by atoms with Gasteiger partial charge in [-0.1, -0.05) is 39.0 Å². The quantitative estimate of drug-likeness (QED) is 0.102. The summed E-state index contributed by atoms with van der Waals surface area (Å²) in [7, 11) is 0. The molecule has 0 aliphatic carbocycles. The Hall–Kier alpha value is -4.80. The molecule has 240 valence electrons. The fraction of sp³-hybridized carbons (Fsp3) is 0.194. The number of aromatic nitrogens is 1. The minimum atomic E-state index is -0.954. The minimum absolute atomic E-state index is 0.189. The van der Waals surface area contributed by atoms with E-state index in [0.29, 0.717) is 31.2 Å². The van der Waals surface area contributed by atoms with Crippen LogP contribution in [0.1, 0.15) is 33.6 Å². The number of esters is 1. The van der Waals surface area contributed by atoms with Crippen LogP contribution in [0.25, 0.3) is 0 Å². The predicted molar refractivity (Wildman–Crippen MR) is 176 cm³/mol. The van der Waals surface area contributed by atoms with E-state index in [1.807, 2.05) is 0 Å². The first-order valence-electron chi connectivity index (χ1n) is 14.1. The Bertz CT molecular complexity index is 1980. The van der Waals surface area contributed by atoms with E-state index >= 15 is 0 Å². The SMILES string of the molecule is CCOC(=O)c1ccc(NC(=O)COc2ccc(Br)cc2[C@@H]2c3sc(=O)[nH]c3S[C@H]3C(=O)N(c4ccc([N+](=O)[O-])cc4)C(=O)[C@@H]23)cc1. The minimum Gasteiger partial charge on any atom is -0.483 e. The Kier molecular flexibility index (Phi) is 8.98. The van der Waals surface area contributed by atoms with Crippen molar-refractivity contribution in [2.75, 3.05) is 23.4 Å². The van der Waals surface area contributed by atoms with Crippen LogP contribution in [0.2, 0.25) is 0 Å². The number of aromatic amines is 1. The van der Waals surface area contributed by atoms with Crippen molar-refractivity contribution in [2.45, 2.75) is 23.1 Å². The van der Waals surface area contributed by atoms with Gasteiger partial charge in [-0.25, -0.2) is 9.69 Å². The Morgan fingerprint density at radius 1 is 1.04 bits per heavy atom. The maximum atomic E-state index is 14.1. The zero-order valence-electron chi connectivity index (χ0n) is 24.3. The molecule has 3 atom stereocenters. The van der Waals surface area contributed by atoms with Gasteiger partial charge in [-0.3, -0.25) is 29.3 Å². The number of rotatable bonds is 9. The third-order valence-electron chi connectivity index (χ3n) is 7.49. The van der Waals surface area contributed by atoms with Gasteiger partial charge in [0, 0.05) is 38.7 Å². The van der Waals surface area contributed by atoms with Crippen LogP contribution in [0.15, 0.2) is 81.0 Å². The molecule has 3 aromatic carbocycles. The molecule has 47 heavy (non-hydrogen) atoms. The van der Waals surface area contributed by atoms with E-state index in [-0.39, 0.29) is 28.6 Å². The number of ether oxygens (including phenoxy) is 2. The van der Waals surface area contributed by atoms with Crippen LogP contribution in [-0.2, 0) is 19.1 Å². The van der Waals surface area contributed by atoms with Gasteiger partial charge < -0.3 is 19.8 Å². The molecule has 0 spiro atoms. The van der Waals surface area contributed by atoms with Crippen molar-refractivity contribution >= 4 is 79.8 Å². The van der Waals surface area contributed by atoms with Crippen molar-refractivity contribution < 1.29 is 33.6 Å². The van der Waals surface area contributed by atoms with Crippen LogP contribution in [0.4, 0.5) is 17.1 Å². The number of nitrogens with one attached hydrogen (secondary N) is 2. The molecule has 0 bridgehead atoms. The smallest absolute Gasteiger partial charge is 0.338 e. The van der Waals surface area contributed by atoms with Crippen molar-refractivity contribution in [1.82, 2.24) is 4.98 Å². The maximum absolute atomic E-state index is 14.1. The van der Waals surface area contributed by atoms with E-state index < -0.39 is 52.3 Å². The number of non-ortho nitro benzene ring substituents is 1. The van der Waals surface area contributed by atoms with Crippen LogP contribution in [0.5, 0.6) is 5.75 Å². The molecule has 3 amide bonds. The van der Waals surface area contributed by atoms with Gasteiger partial charge in [-0.2, -0.15) is 0 Å². The Morgan fingerprint density at radius 3 is 2.45 bits per heavy atom. The van der Waals surface area contributed by atoms with Crippen molar-refractivity contribution in [3.63, 3.8) is 0 Å². The monoisotopic (exact) mass is 738 g/mol. The number of nitro groups is 1. The molecule has 6 rings (SSSR count). The number of H-pyrrole nitrogens is 1. The number of hydrogen-bond donors (Lipinski definition) is 2. The average molecular weight is 740 g/mol. The predicted octanol–water partition coefficient (Wildman–Crippen LogP) is 5.10. The highest BCUT2D eigenvalue weighted by atomic mass is 79.9. The first-order chi connectivity index (χ1) is 22.5. The van der Waals surface area contributed by atoms with E-state index in [9.17, 15) is 34.1 Å². The van der Waals surface area contributed by atoms with Crippen molar-refractivity contribution in [3.8, 4) is 5.75 Å². The zero-order valence-corrected chi connectivity index (χ0v) is 27.5. The number of halogens is 1. The number of carbonyl (C=O) groups is 4. The topological polar surface area (TPSA) is 178 Å². The summed E-state index contributed by atoms with van der Waals surface area (Å²) >= 11 is 5.48. The number of imide groups is 1. The Morgan fingerprint density at radius 2 is 1.77 bits per heavy atom. The third-order valence-corrected chi connectivity index (χ3v) is 10.4. The summed E-state index contributed by atoms with van der Waals surface area (Å²) in [5.74, 6) is -3.52. The molecule has 2 N–H and O–H groups in total. The van der Waals surface area contributed by atoms with Gasteiger partial charge in [-0.15, -0.1) is 0 Å². The summed E-state index contributed by atoms with van der Waals surface area (Å²) in [5, 5.41) is 13.4. The van der Waals surface area contributed by atoms with Gasteiger partial charge in [-0.05, 0) is 61.5 Å². The molecule has 1 saturated heterocycles. The van der Waals surface area contributed by atoms with Gasteiger partial charge in [0.1, 0.15) is 11.0 Å². The maximum Gasteiger partial charge on any atom is 0.338 e. The number of hydrogen-bond acceptors (Lipinski definition) is 11. The second kappa shape index (κ2) is 13.1. The number of nitrogens with zero attached hydrogens (tertiary/aromatic N) is 2. The van der Waals surface area contributed by atoms with Crippen molar-refractivity contribution in [3.05, 3.63) is 107 Å². The lowest BCUT2D eigenvalue weighted by Crippen LogP contribution is -2.32. The van der Waals surface area contributed by atoms with Crippen LogP contribution >= 0.6 is 39.0 Å². The summed E-state index contributed by atoms with van der Waals surface area (Å²) in [6, 6.07) is 16.4. The molecular weight excluding hydrogens is 716 g/mol. The standard InChI is InChI=1S/C31H23BrN4O9S2/c1-2-44-30(40)15-3-6-17(7-4-15)33-22(37)14-45-21-12-5-16(32)13-20(21)23-24-26(46-27-25(23)47-31(41)34-27)29(39)35(28(24)38)18-8-10-19(11-9-18)36(42)43/h3-13,23-24,26H,2,14H2,1H3,(H,33,37)(H,34,41)/t23-,24-,26+/m0/s1. The van der Waals surface area contributed by atoms with Gasteiger partial charge >= 0.3 is 10.8 Å². The molecule has 1 aromatic heterocycles. The molecule has 13 nitrogen and oxygen atoms in total. The molecular formula is C31H23BrN4O9S2. The summed E-state index contributed by atoms with van der Waals surface area (Å²) < 4.78 is 11.6. The van der Waals surface area contributed by atoms with Crippen molar-refractivity contribution in [1.29, 1.82) is 0 Å². The Labute approximate surface area is 282 Å². The van der Waals surface area contributed by atoms with Gasteiger partial charge in [0.15, 0.2) is 6.61 Å². The third kappa shape index (κ3) is 6.31.